The molecule has 3 rings (SSSR count). The number of rotatable bonds is 2. The number of nitrogens with one attached hydrogen (secondary N) is 1. The van der Waals surface area contributed by atoms with E-state index < -0.39 is 0 Å². The normalized spacial score (nSPS) is 10.4. The lowest BCUT2D eigenvalue weighted by molar-refractivity contribution is 0.912. The van der Waals surface area contributed by atoms with Crippen molar-refractivity contribution in [1.82, 2.24) is 19.6 Å². The fourth-order valence-corrected chi connectivity index (χ4v) is 2.18. The number of halogens is 1. The summed E-state index contributed by atoms with van der Waals surface area (Å²) < 4.78 is 2.25. The van der Waals surface area contributed by atoms with Crippen LogP contribution in [0, 0.1) is 11.3 Å². The number of nitrogens with two attached hydrogens (primary N) is 1. The van der Waals surface area contributed by atoms with E-state index in [4.69, 9.17) is 5.73 Å². The van der Waals surface area contributed by atoms with Crippen LogP contribution in [-0.4, -0.2) is 19.6 Å². The Morgan fingerprint density at radius 2 is 2.20 bits per heavy atom. The van der Waals surface area contributed by atoms with E-state index in [1.54, 1.807) is 0 Å². The summed E-state index contributed by atoms with van der Waals surface area (Å²) in [4.78, 5) is 7.87. The van der Waals surface area contributed by atoms with Crippen molar-refractivity contribution in [3.8, 4) is 6.07 Å². The second-order valence-electron chi connectivity index (χ2n) is 3.94. The summed E-state index contributed by atoms with van der Waals surface area (Å²) >= 11 is 3.38. The van der Waals surface area contributed by atoms with Crippen molar-refractivity contribution >= 4 is 39.0 Å². The van der Waals surface area contributed by atoms with Crippen molar-refractivity contribution in [3.05, 3.63) is 40.6 Å². The van der Waals surface area contributed by atoms with Crippen LogP contribution < -0.4 is 11.1 Å². The van der Waals surface area contributed by atoms with Crippen LogP contribution in [0.3, 0.4) is 0 Å². The molecule has 7 nitrogen and oxygen atoms in total. The molecule has 2 aromatic heterocycles. The predicted molar refractivity (Wildman–Crippen MR) is 77.3 cm³/mol. The molecule has 0 spiro atoms. The van der Waals surface area contributed by atoms with Crippen molar-refractivity contribution in [1.29, 1.82) is 5.26 Å². The van der Waals surface area contributed by atoms with E-state index in [2.05, 4.69) is 42.4 Å². The molecule has 0 radical (unpaired) electrons. The van der Waals surface area contributed by atoms with Gasteiger partial charge in [0.25, 0.3) is 0 Å². The summed E-state index contributed by atoms with van der Waals surface area (Å²) in [5.41, 5.74) is 7.20. The lowest BCUT2D eigenvalue weighted by Gasteiger charge is -2.03. The molecular weight excluding hydrogens is 322 g/mol. The van der Waals surface area contributed by atoms with Crippen molar-refractivity contribution in [2.75, 3.05) is 11.1 Å². The summed E-state index contributed by atoms with van der Waals surface area (Å²) in [5, 5.41) is 16.6. The van der Waals surface area contributed by atoms with Gasteiger partial charge in [0, 0.05) is 10.2 Å². The van der Waals surface area contributed by atoms with Gasteiger partial charge >= 0.3 is 0 Å². The molecule has 0 aliphatic carbocycles. The van der Waals surface area contributed by atoms with E-state index in [-0.39, 0.29) is 5.95 Å². The first-order valence-corrected chi connectivity index (χ1v) is 6.40. The van der Waals surface area contributed by atoms with Gasteiger partial charge in [0.1, 0.15) is 18.0 Å². The summed E-state index contributed by atoms with van der Waals surface area (Å²) in [7, 11) is 0. The molecule has 0 amide bonds. The molecule has 0 atom stereocenters. The number of nitrogen functional groups attached to an aromatic ring is 1. The van der Waals surface area contributed by atoms with Gasteiger partial charge in [0.05, 0.1) is 0 Å². The molecule has 98 valence electrons. The average molecular weight is 330 g/mol. The van der Waals surface area contributed by atoms with Crippen LogP contribution in [0.4, 0.5) is 17.5 Å². The Bertz CT molecular complexity index is 833. The lowest BCUT2D eigenvalue weighted by atomic mass is 10.3. The third-order valence-corrected chi connectivity index (χ3v) is 3.14. The first kappa shape index (κ1) is 12.4. The Morgan fingerprint density at radius 3 is 2.95 bits per heavy atom. The number of aromatic nitrogens is 4. The van der Waals surface area contributed by atoms with Gasteiger partial charge in [-0.05, 0) is 18.2 Å². The van der Waals surface area contributed by atoms with Gasteiger partial charge in [-0.15, -0.1) is 5.10 Å². The number of nitrogens with zero attached hydrogens (tertiary/aromatic N) is 5. The first-order chi connectivity index (χ1) is 9.69. The molecule has 0 saturated carbocycles. The molecule has 20 heavy (non-hydrogen) atoms. The van der Waals surface area contributed by atoms with E-state index >= 15 is 0 Å². The van der Waals surface area contributed by atoms with Gasteiger partial charge in [-0.2, -0.15) is 9.78 Å². The topological polar surface area (TPSA) is 105 Å². The van der Waals surface area contributed by atoms with Crippen LogP contribution in [0.2, 0.25) is 0 Å². The zero-order valence-corrected chi connectivity index (χ0v) is 11.7. The maximum Gasteiger partial charge on any atom is 0.224 e. The highest BCUT2D eigenvalue weighted by molar-refractivity contribution is 9.10. The molecule has 1 aromatic carbocycles. The van der Waals surface area contributed by atoms with Crippen LogP contribution in [0.1, 0.15) is 5.56 Å². The van der Waals surface area contributed by atoms with Crippen molar-refractivity contribution in [3.63, 3.8) is 0 Å². The molecule has 0 aliphatic rings. The Balaban J connectivity index is 2.12. The monoisotopic (exact) mass is 329 g/mol. The summed E-state index contributed by atoms with van der Waals surface area (Å²) in [6.07, 6.45) is 1.30. The average Bonchev–Trinajstić information content (AvgIpc) is 2.77. The van der Waals surface area contributed by atoms with Crippen molar-refractivity contribution < 1.29 is 0 Å². The number of nitriles is 1. The molecule has 8 heteroatoms. The molecular formula is C12H8BrN7. The third-order valence-electron chi connectivity index (χ3n) is 2.65. The first-order valence-electron chi connectivity index (χ1n) is 5.61. The fourth-order valence-electron chi connectivity index (χ4n) is 1.78. The summed E-state index contributed by atoms with van der Waals surface area (Å²) in [6, 6.07) is 9.60. The lowest BCUT2D eigenvalue weighted by Crippen LogP contribution is -2.02. The largest absolute Gasteiger partial charge is 0.368 e. The Hall–Kier alpha value is -2.66. The SMILES string of the molecule is N#Cc1c(Nc2cccc(Br)c2)nn2c(N)ncnc12. The predicted octanol–water partition coefficient (Wildman–Crippen LogP) is 2.08. The second-order valence-corrected chi connectivity index (χ2v) is 4.85. The van der Waals surface area contributed by atoms with E-state index in [1.165, 1.54) is 10.8 Å². The highest BCUT2D eigenvalue weighted by Crippen LogP contribution is 2.24. The van der Waals surface area contributed by atoms with Crippen molar-refractivity contribution in [2.45, 2.75) is 0 Å². The molecule has 3 N–H and O–H groups in total. The van der Waals surface area contributed by atoms with Gasteiger partial charge in [-0.3, -0.25) is 0 Å². The molecule has 0 bridgehead atoms. The Morgan fingerprint density at radius 1 is 1.35 bits per heavy atom. The van der Waals surface area contributed by atoms with Crippen LogP contribution in [0.15, 0.2) is 35.1 Å². The number of fused-ring (bicyclic) bond motifs is 1. The van der Waals surface area contributed by atoms with Crippen LogP contribution in [0.5, 0.6) is 0 Å². The zero-order chi connectivity index (χ0) is 14.1. The number of benzene rings is 1. The smallest absolute Gasteiger partial charge is 0.224 e. The van der Waals surface area contributed by atoms with Gasteiger partial charge in [0.2, 0.25) is 5.95 Å². The molecule has 0 unspecified atom stereocenters. The minimum Gasteiger partial charge on any atom is -0.368 e. The van der Waals surface area contributed by atoms with Gasteiger partial charge in [-0.25, -0.2) is 9.97 Å². The number of anilines is 3. The Kier molecular flexibility index (Phi) is 2.96. The highest BCUT2D eigenvalue weighted by atomic mass is 79.9. The minimum absolute atomic E-state index is 0.175. The molecule has 0 saturated heterocycles. The summed E-state index contributed by atoms with van der Waals surface area (Å²) in [5.74, 6) is 0.562. The maximum atomic E-state index is 9.28. The minimum atomic E-state index is 0.175. The molecule has 0 aliphatic heterocycles. The van der Waals surface area contributed by atoms with Gasteiger partial charge in [-0.1, -0.05) is 22.0 Å². The van der Waals surface area contributed by atoms with E-state index in [0.717, 1.165) is 10.2 Å². The number of hydrogen-bond acceptors (Lipinski definition) is 6. The molecule has 0 fully saturated rings. The quantitative estimate of drug-likeness (QED) is 0.745. The van der Waals surface area contributed by atoms with E-state index in [1.807, 2.05) is 24.3 Å². The second kappa shape index (κ2) is 4.79. The Labute approximate surface area is 122 Å². The van der Waals surface area contributed by atoms with Crippen LogP contribution in [0.25, 0.3) is 5.65 Å². The highest BCUT2D eigenvalue weighted by Gasteiger charge is 2.15. The fraction of sp³-hybridized carbons (Fsp3) is 0. The number of hydrogen-bond donors (Lipinski definition) is 2. The van der Waals surface area contributed by atoms with Gasteiger partial charge in [0.15, 0.2) is 11.5 Å². The molecule has 3 aromatic rings. The van der Waals surface area contributed by atoms with E-state index in [9.17, 15) is 5.26 Å². The van der Waals surface area contributed by atoms with Crippen molar-refractivity contribution in [2.24, 2.45) is 0 Å². The van der Waals surface area contributed by atoms with Crippen LogP contribution >= 0.6 is 15.9 Å². The third kappa shape index (κ3) is 2.04. The van der Waals surface area contributed by atoms with E-state index in [0.29, 0.717) is 17.0 Å². The summed E-state index contributed by atoms with van der Waals surface area (Å²) in [6.45, 7) is 0. The zero-order valence-electron chi connectivity index (χ0n) is 10.1. The van der Waals surface area contributed by atoms with Gasteiger partial charge < -0.3 is 11.1 Å². The van der Waals surface area contributed by atoms with Crippen LogP contribution in [-0.2, 0) is 0 Å². The molecule has 2 heterocycles. The standard InChI is InChI=1S/C12H8BrN7/c13-7-2-1-3-8(4-7)18-10-9(5-14)11-16-6-17-12(15)20(11)19-10/h1-4,6H,(H,18,19)(H2,15,16,17). The maximum absolute atomic E-state index is 9.28.